The zero-order valence-electron chi connectivity index (χ0n) is 7.68. The van der Waals surface area contributed by atoms with Gasteiger partial charge in [-0.05, 0) is 12.8 Å². The molecule has 2 N–H and O–H groups in total. The van der Waals surface area contributed by atoms with E-state index in [1.807, 2.05) is 0 Å². The predicted octanol–water partition coefficient (Wildman–Crippen LogP) is 0.678. The SMILES string of the molecule is OC(CNC1CC1)COCC(F)(F)F. The second-order valence-electron chi connectivity index (χ2n) is 3.47. The monoisotopic (exact) mass is 213 g/mol. The number of ether oxygens (including phenoxy) is 1. The van der Waals surface area contributed by atoms with Crippen molar-refractivity contribution in [1.82, 2.24) is 5.32 Å². The molecule has 0 aromatic rings. The number of hydrogen-bond acceptors (Lipinski definition) is 3. The maximum atomic E-state index is 11.6. The van der Waals surface area contributed by atoms with Crippen LogP contribution in [0.5, 0.6) is 0 Å². The summed E-state index contributed by atoms with van der Waals surface area (Å²) in [7, 11) is 0. The van der Waals surface area contributed by atoms with Crippen LogP contribution in [0.15, 0.2) is 0 Å². The first-order chi connectivity index (χ1) is 6.47. The lowest BCUT2D eigenvalue weighted by atomic mass is 10.4. The highest BCUT2D eigenvalue weighted by atomic mass is 19.4. The third-order valence-electron chi connectivity index (χ3n) is 1.80. The van der Waals surface area contributed by atoms with Gasteiger partial charge in [-0.3, -0.25) is 0 Å². The second-order valence-corrected chi connectivity index (χ2v) is 3.47. The topological polar surface area (TPSA) is 41.5 Å². The van der Waals surface area contributed by atoms with Crippen molar-refractivity contribution < 1.29 is 23.0 Å². The molecule has 0 amide bonds. The van der Waals surface area contributed by atoms with Crippen LogP contribution in [0, 0.1) is 0 Å². The van der Waals surface area contributed by atoms with Crippen LogP contribution in [0.25, 0.3) is 0 Å². The predicted molar refractivity (Wildman–Crippen MR) is 43.9 cm³/mol. The average Bonchev–Trinajstić information content (AvgIpc) is 2.81. The zero-order chi connectivity index (χ0) is 10.6. The number of rotatable bonds is 6. The van der Waals surface area contributed by atoms with E-state index in [0.717, 1.165) is 12.8 Å². The van der Waals surface area contributed by atoms with Gasteiger partial charge in [-0.1, -0.05) is 0 Å². The van der Waals surface area contributed by atoms with E-state index in [9.17, 15) is 13.2 Å². The van der Waals surface area contributed by atoms with Gasteiger partial charge in [-0.25, -0.2) is 0 Å². The maximum absolute atomic E-state index is 11.6. The van der Waals surface area contributed by atoms with Crippen molar-refractivity contribution in [1.29, 1.82) is 0 Å². The minimum Gasteiger partial charge on any atom is -0.389 e. The highest BCUT2D eigenvalue weighted by Gasteiger charge is 2.28. The number of halogens is 3. The minimum absolute atomic E-state index is 0.279. The molecule has 1 rings (SSSR count). The van der Waals surface area contributed by atoms with Crippen LogP contribution in [-0.2, 0) is 4.74 Å². The van der Waals surface area contributed by atoms with E-state index in [4.69, 9.17) is 5.11 Å². The van der Waals surface area contributed by atoms with E-state index in [0.29, 0.717) is 12.6 Å². The van der Waals surface area contributed by atoms with Gasteiger partial charge >= 0.3 is 6.18 Å². The Kier molecular flexibility index (Phi) is 4.15. The number of aliphatic hydroxyl groups excluding tert-OH is 1. The molecule has 14 heavy (non-hydrogen) atoms. The Morgan fingerprint density at radius 1 is 1.43 bits per heavy atom. The molecule has 0 aliphatic heterocycles. The molecule has 0 spiro atoms. The fraction of sp³-hybridized carbons (Fsp3) is 1.00. The average molecular weight is 213 g/mol. The van der Waals surface area contributed by atoms with Crippen molar-refractivity contribution >= 4 is 0 Å². The van der Waals surface area contributed by atoms with Crippen LogP contribution < -0.4 is 5.32 Å². The van der Waals surface area contributed by atoms with Crippen molar-refractivity contribution in [2.24, 2.45) is 0 Å². The van der Waals surface area contributed by atoms with Gasteiger partial charge in [-0.2, -0.15) is 13.2 Å². The second kappa shape index (κ2) is 4.95. The lowest BCUT2D eigenvalue weighted by Crippen LogP contribution is -2.32. The standard InChI is InChI=1S/C8H14F3NO2/c9-8(10,11)5-14-4-7(13)3-12-6-1-2-6/h6-7,12-13H,1-5H2. The molecular weight excluding hydrogens is 199 g/mol. The van der Waals surface area contributed by atoms with Crippen LogP contribution in [0.3, 0.4) is 0 Å². The third-order valence-corrected chi connectivity index (χ3v) is 1.80. The summed E-state index contributed by atoms with van der Waals surface area (Å²) >= 11 is 0. The number of alkyl halides is 3. The largest absolute Gasteiger partial charge is 0.411 e. The van der Waals surface area contributed by atoms with Gasteiger partial charge in [0.1, 0.15) is 6.61 Å². The molecule has 1 atom stereocenters. The summed E-state index contributed by atoms with van der Waals surface area (Å²) in [6, 6.07) is 0.437. The summed E-state index contributed by atoms with van der Waals surface area (Å²) < 4.78 is 39.1. The minimum atomic E-state index is -4.32. The van der Waals surface area contributed by atoms with Gasteiger partial charge in [0.15, 0.2) is 0 Å². The van der Waals surface area contributed by atoms with Gasteiger partial charge in [0, 0.05) is 12.6 Å². The van der Waals surface area contributed by atoms with Crippen LogP contribution in [0.1, 0.15) is 12.8 Å². The molecule has 0 saturated heterocycles. The molecule has 0 aromatic carbocycles. The Bertz CT molecular complexity index is 170. The van der Waals surface area contributed by atoms with Gasteiger partial charge in [0.25, 0.3) is 0 Å². The zero-order valence-corrected chi connectivity index (χ0v) is 7.68. The Balaban J connectivity index is 1.93. The molecule has 84 valence electrons. The van der Waals surface area contributed by atoms with E-state index < -0.39 is 18.9 Å². The lowest BCUT2D eigenvalue weighted by molar-refractivity contribution is -0.178. The van der Waals surface area contributed by atoms with Crippen LogP contribution in [-0.4, -0.2) is 43.2 Å². The van der Waals surface area contributed by atoms with Gasteiger partial charge < -0.3 is 15.2 Å². The molecule has 1 fully saturated rings. The molecular formula is C8H14F3NO2. The maximum Gasteiger partial charge on any atom is 0.411 e. The highest BCUT2D eigenvalue weighted by Crippen LogP contribution is 2.18. The molecule has 0 heterocycles. The van der Waals surface area contributed by atoms with E-state index in [2.05, 4.69) is 10.1 Å². The Labute approximate surface area is 80.2 Å². The Hall–Kier alpha value is -0.330. The fourth-order valence-electron chi connectivity index (χ4n) is 0.960. The molecule has 0 bridgehead atoms. The normalized spacial score (nSPS) is 19.7. The molecule has 1 saturated carbocycles. The van der Waals surface area contributed by atoms with E-state index in [1.165, 1.54) is 0 Å². The van der Waals surface area contributed by atoms with Crippen molar-refractivity contribution in [2.45, 2.75) is 31.2 Å². The van der Waals surface area contributed by atoms with E-state index >= 15 is 0 Å². The van der Waals surface area contributed by atoms with Gasteiger partial charge in [0.2, 0.25) is 0 Å². The summed E-state index contributed by atoms with van der Waals surface area (Å²) in [6.45, 7) is -1.28. The smallest absolute Gasteiger partial charge is 0.389 e. The van der Waals surface area contributed by atoms with Crippen molar-refractivity contribution in [2.75, 3.05) is 19.8 Å². The third kappa shape index (κ3) is 6.17. The first kappa shape index (κ1) is 11.7. The molecule has 0 aromatic heterocycles. The first-order valence-corrected chi connectivity index (χ1v) is 4.53. The summed E-state index contributed by atoms with van der Waals surface area (Å²) in [5.41, 5.74) is 0. The molecule has 3 nitrogen and oxygen atoms in total. The summed E-state index contributed by atoms with van der Waals surface area (Å²) in [4.78, 5) is 0. The van der Waals surface area contributed by atoms with Crippen molar-refractivity contribution in [3.8, 4) is 0 Å². The lowest BCUT2D eigenvalue weighted by Gasteiger charge is -2.12. The van der Waals surface area contributed by atoms with E-state index in [-0.39, 0.29) is 6.61 Å². The summed E-state index contributed by atoms with van der Waals surface area (Å²) in [5.74, 6) is 0. The summed E-state index contributed by atoms with van der Waals surface area (Å²) in [5, 5.41) is 12.2. The number of aliphatic hydroxyl groups is 1. The molecule has 0 radical (unpaired) electrons. The Morgan fingerprint density at radius 3 is 2.57 bits per heavy atom. The van der Waals surface area contributed by atoms with Crippen LogP contribution in [0.2, 0.25) is 0 Å². The Morgan fingerprint density at radius 2 is 2.07 bits per heavy atom. The quantitative estimate of drug-likeness (QED) is 0.681. The molecule has 1 unspecified atom stereocenters. The highest BCUT2D eigenvalue weighted by molar-refractivity contribution is 4.81. The van der Waals surface area contributed by atoms with Crippen LogP contribution >= 0.6 is 0 Å². The van der Waals surface area contributed by atoms with Gasteiger partial charge in [0.05, 0.1) is 12.7 Å². The fourth-order valence-corrected chi connectivity index (χ4v) is 0.960. The van der Waals surface area contributed by atoms with Crippen LogP contribution in [0.4, 0.5) is 13.2 Å². The van der Waals surface area contributed by atoms with Gasteiger partial charge in [-0.15, -0.1) is 0 Å². The first-order valence-electron chi connectivity index (χ1n) is 4.53. The molecule has 6 heteroatoms. The molecule has 1 aliphatic rings. The summed E-state index contributed by atoms with van der Waals surface area (Å²) in [6.07, 6.45) is -3.02. The van der Waals surface area contributed by atoms with Crippen molar-refractivity contribution in [3.05, 3.63) is 0 Å². The number of hydrogen-bond donors (Lipinski definition) is 2. The van der Waals surface area contributed by atoms with Crippen molar-refractivity contribution in [3.63, 3.8) is 0 Å². The number of nitrogens with one attached hydrogen (secondary N) is 1. The van der Waals surface area contributed by atoms with E-state index in [1.54, 1.807) is 0 Å². The molecule has 1 aliphatic carbocycles.